The normalized spacial score (nSPS) is 13.4. The largest absolute Gasteiger partial charge is 0.339 e. The van der Waals surface area contributed by atoms with Gasteiger partial charge in [0.1, 0.15) is 0 Å². The first-order valence-corrected chi connectivity index (χ1v) is 8.84. The summed E-state index contributed by atoms with van der Waals surface area (Å²) in [6, 6.07) is 6.82. The Labute approximate surface area is 137 Å². The lowest BCUT2D eigenvalue weighted by molar-refractivity contribution is 0.212. The number of nitrogens with zero attached hydrogens (tertiary/aromatic N) is 3. The Bertz CT molecular complexity index is 716. The van der Waals surface area contributed by atoms with Gasteiger partial charge in [-0.1, -0.05) is 17.3 Å². The third kappa shape index (κ3) is 4.62. The number of anilines is 1. The monoisotopic (exact) mass is 336 g/mol. The lowest BCUT2D eigenvalue weighted by atomic mass is 10.2. The van der Waals surface area contributed by atoms with Crippen LogP contribution in [0.3, 0.4) is 0 Å². The van der Waals surface area contributed by atoms with E-state index >= 15 is 0 Å². The van der Waals surface area contributed by atoms with Crippen molar-refractivity contribution in [1.29, 1.82) is 0 Å². The Balaban J connectivity index is 2.08. The number of hydrogen-bond acceptors (Lipinski definition) is 5. The maximum Gasteiger partial charge on any atom is 0.321 e. The van der Waals surface area contributed by atoms with Crippen LogP contribution in [0, 0.1) is 6.92 Å². The molecule has 0 spiro atoms. The van der Waals surface area contributed by atoms with E-state index in [1.165, 1.54) is 4.90 Å². The van der Waals surface area contributed by atoms with Gasteiger partial charge in [-0.3, -0.25) is 4.21 Å². The van der Waals surface area contributed by atoms with Gasteiger partial charge in [-0.15, -0.1) is 0 Å². The molecule has 1 aromatic carbocycles. The van der Waals surface area contributed by atoms with Gasteiger partial charge in [-0.25, -0.2) is 4.79 Å². The van der Waals surface area contributed by atoms with E-state index < -0.39 is 10.8 Å². The van der Waals surface area contributed by atoms with Gasteiger partial charge in [-0.05, 0) is 19.1 Å². The van der Waals surface area contributed by atoms with E-state index in [0.717, 1.165) is 5.56 Å². The van der Waals surface area contributed by atoms with Crippen LogP contribution in [0.25, 0.3) is 11.4 Å². The molecule has 124 valence electrons. The minimum absolute atomic E-state index is 0.121. The number of aromatic nitrogens is 2. The zero-order chi connectivity index (χ0) is 17.0. The summed E-state index contributed by atoms with van der Waals surface area (Å²) in [7, 11) is 0.726. The first-order valence-electron chi connectivity index (χ1n) is 7.11. The van der Waals surface area contributed by atoms with Gasteiger partial charge in [0, 0.05) is 54.1 Å². The predicted molar refractivity (Wildman–Crippen MR) is 89.6 cm³/mol. The summed E-state index contributed by atoms with van der Waals surface area (Å²) in [4.78, 5) is 18.0. The van der Waals surface area contributed by atoms with E-state index in [4.69, 9.17) is 4.52 Å². The third-order valence-electron chi connectivity index (χ3n) is 3.36. The van der Waals surface area contributed by atoms with Crippen LogP contribution in [0.15, 0.2) is 28.8 Å². The van der Waals surface area contributed by atoms with Gasteiger partial charge in [0.05, 0.1) is 0 Å². The fraction of sp³-hybridized carbons (Fsp3) is 0.400. The summed E-state index contributed by atoms with van der Waals surface area (Å²) in [5, 5.41) is 6.67. The topological polar surface area (TPSA) is 88.3 Å². The van der Waals surface area contributed by atoms with E-state index in [9.17, 15) is 9.00 Å². The summed E-state index contributed by atoms with van der Waals surface area (Å²) >= 11 is 0. The highest BCUT2D eigenvalue weighted by Crippen LogP contribution is 2.20. The average molecular weight is 336 g/mol. The van der Waals surface area contributed by atoms with Crippen molar-refractivity contribution in [2.45, 2.75) is 19.9 Å². The summed E-state index contributed by atoms with van der Waals surface area (Å²) in [6.45, 7) is 3.58. The van der Waals surface area contributed by atoms with E-state index in [2.05, 4.69) is 15.5 Å². The fourth-order valence-corrected chi connectivity index (χ4v) is 2.92. The number of urea groups is 1. The maximum atomic E-state index is 12.3. The van der Waals surface area contributed by atoms with Gasteiger partial charge < -0.3 is 14.7 Å². The second-order valence-electron chi connectivity index (χ2n) is 5.35. The molecule has 1 N–H and O–H groups in total. The minimum Gasteiger partial charge on any atom is -0.339 e. The van der Waals surface area contributed by atoms with Gasteiger partial charge in [-0.2, -0.15) is 4.98 Å². The number of rotatable bonds is 5. The molecule has 2 rings (SSSR count). The van der Waals surface area contributed by atoms with E-state index in [1.54, 1.807) is 38.4 Å². The number of amides is 2. The van der Waals surface area contributed by atoms with Crippen LogP contribution in [0.2, 0.25) is 0 Å². The molecule has 8 heteroatoms. The Morgan fingerprint density at radius 2 is 2.22 bits per heavy atom. The fourth-order valence-electron chi connectivity index (χ4n) is 2.02. The lowest BCUT2D eigenvalue weighted by Crippen LogP contribution is -2.40. The Kier molecular flexibility index (Phi) is 5.49. The molecule has 0 unspecified atom stereocenters. The zero-order valence-electron chi connectivity index (χ0n) is 13.6. The van der Waals surface area contributed by atoms with Gasteiger partial charge in [0.25, 0.3) is 0 Å². The summed E-state index contributed by atoms with van der Waals surface area (Å²) in [6.07, 6.45) is 1.62. The van der Waals surface area contributed by atoms with Crippen molar-refractivity contribution in [3.8, 4) is 11.4 Å². The molecule has 23 heavy (non-hydrogen) atoms. The van der Waals surface area contributed by atoms with Crippen LogP contribution < -0.4 is 5.32 Å². The van der Waals surface area contributed by atoms with Gasteiger partial charge in [0.15, 0.2) is 0 Å². The molecule has 1 aromatic heterocycles. The van der Waals surface area contributed by atoms with Crippen LogP contribution >= 0.6 is 0 Å². The number of aryl methyl sites for hydroxylation is 1. The zero-order valence-corrected chi connectivity index (χ0v) is 14.4. The molecule has 1 heterocycles. The highest BCUT2D eigenvalue weighted by Gasteiger charge is 2.17. The predicted octanol–water partition coefficient (Wildman–Crippen LogP) is 2.28. The molecule has 0 aliphatic heterocycles. The van der Waals surface area contributed by atoms with Crippen molar-refractivity contribution in [2.24, 2.45) is 0 Å². The van der Waals surface area contributed by atoms with Crippen LogP contribution in [0.5, 0.6) is 0 Å². The van der Waals surface area contributed by atoms with Crippen LogP contribution in [0.1, 0.15) is 12.8 Å². The molecule has 7 nitrogen and oxygen atoms in total. The molecule has 0 bridgehead atoms. The van der Waals surface area contributed by atoms with Crippen molar-refractivity contribution in [3.63, 3.8) is 0 Å². The molecule has 0 aliphatic rings. The Hall–Kier alpha value is -2.22. The van der Waals surface area contributed by atoms with Crippen LogP contribution in [-0.4, -0.2) is 50.4 Å². The molecule has 2 amide bonds. The van der Waals surface area contributed by atoms with Crippen molar-refractivity contribution in [3.05, 3.63) is 30.2 Å². The van der Waals surface area contributed by atoms with Crippen molar-refractivity contribution in [1.82, 2.24) is 15.0 Å². The summed E-state index contributed by atoms with van der Waals surface area (Å²) in [5.41, 5.74) is 1.39. The number of carbonyl (C=O) groups is 1. The second kappa shape index (κ2) is 7.36. The van der Waals surface area contributed by atoms with Gasteiger partial charge in [0.2, 0.25) is 11.7 Å². The molecule has 2 aromatic rings. The standard InChI is InChI=1S/C15H20N4O3S/c1-10(9-23(4)21)19(3)15(20)17-13-7-5-6-12(8-13)14-16-11(2)22-18-14/h5-8,10H,9H2,1-4H3,(H,17,20)/t10-,23-/m1/s1. The average Bonchev–Trinajstić information content (AvgIpc) is 2.92. The van der Waals surface area contributed by atoms with E-state index in [0.29, 0.717) is 23.2 Å². The third-order valence-corrected chi connectivity index (χ3v) is 4.31. The Morgan fingerprint density at radius 3 is 2.83 bits per heavy atom. The molecule has 2 atom stereocenters. The molecule has 0 aliphatic carbocycles. The molecular weight excluding hydrogens is 316 g/mol. The van der Waals surface area contributed by atoms with Crippen molar-refractivity contribution in [2.75, 3.05) is 24.4 Å². The van der Waals surface area contributed by atoms with E-state index in [1.807, 2.05) is 13.0 Å². The number of nitrogens with one attached hydrogen (secondary N) is 1. The number of hydrogen-bond donors (Lipinski definition) is 1. The SMILES string of the molecule is Cc1nc(-c2cccc(NC(=O)N(C)[C@H](C)C[S@@](C)=O)c2)no1. The van der Waals surface area contributed by atoms with Crippen LogP contribution in [0.4, 0.5) is 10.5 Å². The maximum absolute atomic E-state index is 12.3. The quantitative estimate of drug-likeness (QED) is 0.905. The molecule has 0 saturated carbocycles. The van der Waals surface area contributed by atoms with Crippen molar-refractivity contribution < 1.29 is 13.5 Å². The smallest absolute Gasteiger partial charge is 0.321 e. The van der Waals surface area contributed by atoms with E-state index in [-0.39, 0.29) is 12.1 Å². The first-order chi connectivity index (χ1) is 10.9. The van der Waals surface area contributed by atoms with Crippen molar-refractivity contribution >= 4 is 22.5 Å². The first kappa shape index (κ1) is 17.1. The lowest BCUT2D eigenvalue weighted by Gasteiger charge is -2.24. The highest BCUT2D eigenvalue weighted by molar-refractivity contribution is 7.84. The molecule has 0 radical (unpaired) electrons. The number of carbonyl (C=O) groups excluding carboxylic acids is 1. The Morgan fingerprint density at radius 1 is 1.48 bits per heavy atom. The molecule has 0 fully saturated rings. The summed E-state index contributed by atoms with van der Waals surface area (Å²) < 4.78 is 16.2. The second-order valence-corrected chi connectivity index (χ2v) is 6.83. The minimum atomic E-state index is -0.954. The molecular formula is C15H20N4O3S. The molecule has 0 saturated heterocycles. The van der Waals surface area contributed by atoms with Gasteiger partial charge >= 0.3 is 6.03 Å². The van der Waals surface area contributed by atoms with Crippen LogP contribution in [-0.2, 0) is 10.8 Å². The summed E-state index contributed by atoms with van der Waals surface area (Å²) in [5.74, 6) is 1.39. The number of benzene rings is 1. The highest BCUT2D eigenvalue weighted by atomic mass is 32.2.